The Morgan fingerprint density at radius 1 is 1.50 bits per heavy atom. The van der Waals surface area contributed by atoms with Crippen LogP contribution in [-0.4, -0.2) is 27.2 Å². The maximum absolute atomic E-state index is 9.96. The van der Waals surface area contributed by atoms with Gasteiger partial charge in [-0.25, -0.2) is 0 Å². The van der Waals surface area contributed by atoms with Crippen molar-refractivity contribution in [2.45, 2.75) is 30.6 Å². The van der Waals surface area contributed by atoms with Crippen molar-refractivity contribution < 1.29 is 5.11 Å². The van der Waals surface area contributed by atoms with E-state index in [2.05, 4.69) is 4.98 Å². The molecule has 1 aliphatic heterocycles. The highest BCUT2D eigenvalue weighted by Crippen LogP contribution is 2.29. The third-order valence-corrected chi connectivity index (χ3v) is 4.09. The number of hydrogen-bond donors (Lipinski definition) is 1. The van der Waals surface area contributed by atoms with Gasteiger partial charge < -0.3 is 5.11 Å². The highest BCUT2D eigenvalue weighted by Gasteiger charge is 2.23. The molecule has 1 aliphatic rings. The zero-order chi connectivity index (χ0) is 9.80. The lowest BCUT2D eigenvalue weighted by Crippen LogP contribution is -2.23. The molecular formula is C11H15NOS. The molecule has 0 aliphatic carbocycles. The fourth-order valence-corrected chi connectivity index (χ4v) is 3.09. The van der Waals surface area contributed by atoms with Gasteiger partial charge in [0.1, 0.15) is 0 Å². The summed E-state index contributed by atoms with van der Waals surface area (Å²) in [5.41, 5.74) is 1.18. The van der Waals surface area contributed by atoms with Crippen molar-refractivity contribution in [3.05, 3.63) is 30.1 Å². The predicted octanol–water partition coefficient (Wildman–Crippen LogP) is 1.88. The van der Waals surface area contributed by atoms with Gasteiger partial charge in [0, 0.05) is 17.6 Å². The normalized spacial score (nSPS) is 23.6. The molecule has 2 nitrogen and oxygen atoms in total. The zero-order valence-corrected chi connectivity index (χ0v) is 8.91. The summed E-state index contributed by atoms with van der Waals surface area (Å²) >= 11 is 1.90. The van der Waals surface area contributed by atoms with Gasteiger partial charge in [-0.15, -0.1) is 0 Å². The van der Waals surface area contributed by atoms with E-state index < -0.39 is 0 Å². The monoisotopic (exact) mass is 209 g/mol. The van der Waals surface area contributed by atoms with Crippen LogP contribution < -0.4 is 0 Å². The summed E-state index contributed by atoms with van der Waals surface area (Å²) in [6, 6.07) is 3.95. The molecule has 2 atom stereocenters. The first kappa shape index (κ1) is 9.99. The highest BCUT2D eigenvalue weighted by molar-refractivity contribution is 8.00. The molecule has 1 aromatic heterocycles. The first-order valence-electron chi connectivity index (χ1n) is 5.05. The second-order valence-corrected chi connectivity index (χ2v) is 5.03. The van der Waals surface area contributed by atoms with Crippen LogP contribution in [0.5, 0.6) is 0 Å². The lowest BCUT2D eigenvalue weighted by molar-refractivity contribution is 0.170. The number of pyridine rings is 1. The molecule has 0 amide bonds. The number of hydrogen-bond acceptors (Lipinski definition) is 3. The predicted molar refractivity (Wildman–Crippen MR) is 59.4 cm³/mol. The Morgan fingerprint density at radius 3 is 2.93 bits per heavy atom. The summed E-state index contributed by atoms with van der Waals surface area (Å²) in [5, 5.41) is 10.4. The molecule has 0 radical (unpaired) electrons. The Labute approximate surface area is 88.8 Å². The number of thioether (sulfide) groups is 1. The lowest BCUT2D eigenvalue weighted by Gasteiger charge is -2.16. The fourth-order valence-electron chi connectivity index (χ4n) is 1.80. The van der Waals surface area contributed by atoms with Crippen LogP contribution in [0.2, 0.25) is 0 Å². The van der Waals surface area contributed by atoms with E-state index in [1.165, 1.54) is 17.7 Å². The third kappa shape index (κ3) is 2.49. The van der Waals surface area contributed by atoms with Crippen molar-refractivity contribution >= 4 is 11.8 Å². The smallest absolute Gasteiger partial charge is 0.0699 e. The van der Waals surface area contributed by atoms with E-state index in [1.54, 1.807) is 12.4 Å². The van der Waals surface area contributed by atoms with Crippen LogP contribution >= 0.6 is 11.8 Å². The van der Waals surface area contributed by atoms with Gasteiger partial charge in [-0.05, 0) is 42.7 Å². The number of aliphatic hydroxyl groups is 1. The van der Waals surface area contributed by atoms with Crippen LogP contribution in [0.4, 0.5) is 0 Å². The van der Waals surface area contributed by atoms with Crippen LogP contribution in [0.15, 0.2) is 24.5 Å². The SMILES string of the molecule is OC(Cc1ccncc1)C1CCCS1. The maximum atomic E-state index is 9.96. The summed E-state index contributed by atoms with van der Waals surface area (Å²) in [6.45, 7) is 0. The van der Waals surface area contributed by atoms with E-state index in [4.69, 9.17) is 0 Å². The van der Waals surface area contributed by atoms with Gasteiger partial charge in [0.05, 0.1) is 6.10 Å². The van der Waals surface area contributed by atoms with Crippen molar-refractivity contribution in [2.75, 3.05) is 5.75 Å². The molecule has 0 aromatic carbocycles. The Balaban J connectivity index is 1.90. The first-order chi connectivity index (χ1) is 6.86. The zero-order valence-electron chi connectivity index (χ0n) is 8.10. The lowest BCUT2D eigenvalue weighted by atomic mass is 10.0. The second kappa shape index (κ2) is 4.80. The van der Waals surface area contributed by atoms with Gasteiger partial charge in [0.25, 0.3) is 0 Å². The molecule has 1 N–H and O–H groups in total. The summed E-state index contributed by atoms with van der Waals surface area (Å²) in [4.78, 5) is 3.96. The van der Waals surface area contributed by atoms with Gasteiger partial charge in [0.2, 0.25) is 0 Å². The van der Waals surface area contributed by atoms with Crippen LogP contribution in [0.1, 0.15) is 18.4 Å². The second-order valence-electron chi connectivity index (χ2n) is 3.68. The fraction of sp³-hybridized carbons (Fsp3) is 0.545. The van der Waals surface area contributed by atoms with E-state index >= 15 is 0 Å². The molecule has 3 heteroatoms. The molecule has 76 valence electrons. The van der Waals surface area contributed by atoms with E-state index in [0.717, 1.165) is 12.8 Å². The average Bonchev–Trinajstić information content (AvgIpc) is 2.72. The van der Waals surface area contributed by atoms with E-state index in [9.17, 15) is 5.11 Å². The van der Waals surface area contributed by atoms with Gasteiger partial charge in [-0.3, -0.25) is 4.98 Å². The third-order valence-electron chi connectivity index (χ3n) is 2.59. The van der Waals surface area contributed by atoms with Crippen molar-refractivity contribution in [3.8, 4) is 0 Å². The van der Waals surface area contributed by atoms with Crippen LogP contribution in [0, 0.1) is 0 Å². The van der Waals surface area contributed by atoms with Crippen LogP contribution in [0.25, 0.3) is 0 Å². The Morgan fingerprint density at radius 2 is 2.29 bits per heavy atom. The van der Waals surface area contributed by atoms with Gasteiger partial charge in [-0.2, -0.15) is 11.8 Å². The van der Waals surface area contributed by atoms with Crippen LogP contribution in [0.3, 0.4) is 0 Å². The van der Waals surface area contributed by atoms with Crippen molar-refractivity contribution in [1.82, 2.24) is 4.98 Å². The molecule has 1 aromatic rings. The van der Waals surface area contributed by atoms with E-state index in [0.29, 0.717) is 5.25 Å². The first-order valence-corrected chi connectivity index (χ1v) is 6.10. The molecule has 2 unspecified atom stereocenters. The Hall–Kier alpha value is -0.540. The minimum atomic E-state index is -0.190. The van der Waals surface area contributed by atoms with Gasteiger partial charge in [-0.1, -0.05) is 0 Å². The summed E-state index contributed by atoms with van der Waals surface area (Å²) < 4.78 is 0. The largest absolute Gasteiger partial charge is 0.392 e. The number of aromatic nitrogens is 1. The molecule has 1 saturated heterocycles. The molecule has 1 fully saturated rings. The number of aliphatic hydroxyl groups excluding tert-OH is 1. The van der Waals surface area contributed by atoms with E-state index in [-0.39, 0.29) is 6.10 Å². The minimum Gasteiger partial charge on any atom is -0.392 e. The summed E-state index contributed by atoms with van der Waals surface area (Å²) in [5.74, 6) is 1.21. The Kier molecular flexibility index (Phi) is 3.43. The topological polar surface area (TPSA) is 33.1 Å². The number of nitrogens with zero attached hydrogens (tertiary/aromatic N) is 1. The number of rotatable bonds is 3. The minimum absolute atomic E-state index is 0.190. The van der Waals surface area contributed by atoms with E-state index in [1.807, 2.05) is 23.9 Å². The molecule has 0 spiro atoms. The molecule has 2 rings (SSSR count). The maximum Gasteiger partial charge on any atom is 0.0699 e. The standard InChI is InChI=1S/C11H15NOS/c13-10(11-2-1-7-14-11)8-9-3-5-12-6-4-9/h3-6,10-11,13H,1-2,7-8H2. The molecule has 2 heterocycles. The molecule has 0 saturated carbocycles. The molecule has 14 heavy (non-hydrogen) atoms. The van der Waals surface area contributed by atoms with Crippen LogP contribution in [-0.2, 0) is 6.42 Å². The highest BCUT2D eigenvalue weighted by atomic mass is 32.2. The summed E-state index contributed by atoms with van der Waals surface area (Å²) in [6.07, 6.45) is 6.55. The van der Waals surface area contributed by atoms with Crippen molar-refractivity contribution in [1.29, 1.82) is 0 Å². The quantitative estimate of drug-likeness (QED) is 0.825. The van der Waals surface area contributed by atoms with Gasteiger partial charge >= 0.3 is 0 Å². The average molecular weight is 209 g/mol. The summed E-state index contributed by atoms with van der Waals surface area (Å²) in [7, 11) is 0. The Bertz CT molecular complexity index is 272. The molecule has 0 bridgehead atoms. The van der Waals surface area contributed by atoms with Crippen molar-refractivity contribution in [2.24, 2.45) is 0 Å². The molecular weight excluding hydrogens is 194 g/mol. The van der Waals surface area contributed by atoms with Gasteiger partial charge in [0.15, 0.2) is 0 Å². The van der Waals surface area contributed by atoms with Crippen molar-refractivity contribution in [3.63, 3.8) is 0 Å².